The Morgan fingerprint density at radius 2 is 1.95 bits per heavy atom. The minimum Gasteiger partial charge on any atom is -0.488 e. The van der Waals surface area contributed by atoms with E-state index in [1.165, 1.54) is 11.3 Å². The van der Waals surface area contributed by atoms with Crippen LogP contribution in [-0.2, 0) is 6.61 Å². The molecular formula is C14H13ClO3S. The van der Waals surface area contributed by atoms with Crippen molar-refractivity contribution >= 4 is 28.9 Å². The summed E-state index contributed by atoms with van der Waals surface area (Å²) >= 11 is 7.31. The number of ether oxygens (including phenoxy) is 1. The molecule has 1 heterocycles. The average molecular weight is 297 g/mol. The van der Waals surface area contributed by atoms with Crippen molar-refractivity contribution in [2.45, 2.75) is 20.5 Å². The van der Waals surface area contributed by atoms with Crippen LogP contribution in [0.3, 0.4) is 0 Å². The molecule has 0 saturated carbocycles. The van der Waals surface area contributed by atoms with E-state index in [9.17, 15) is 4.79 Å². The number of hydrogen-bond donors (Lipinski definition) is 1. The van der Waals surface area contributed by atoms with Gasteiger partial charge < -0.3 is 9.84 Å². The molecule has 2 aromatic rings. The van der Waals surface area contributed by atoms with E-state index in [4.69, 9.17) is 21.4 Å². The Bertz CT molecular complexity index is 596. The second-order valence-electron chi connectivity index (χ2n) is 4.23. The third kappa shape index (κ3) is 3.28. The Labute approximate surface area is 120 Å². The zero-order chi connectivity index (χ0) is 14.0. The van der Waals surface area contributed by atoms with Gasteiger partial charge in [-0.15, -0.1) is 11.3 Å². The van der Waals surface area contributed by atoms with E-state index in [-0.39, 0.29) is 0 Å². The molecule has 0 fully saturated rings. The maximum absolute atomic E-state index is 10.8. The molecule has 5 heteroatoms. The van der Waals surface area contributed by atoms with Gasteiger partial charge in [-0.2, -0.15) is 0 Å². The highest BCUT2D eigenvalue weighted by atomic mass is 35.5. The van der Waals surface area contributed by atoms with Gasteiger partial charge in [0.2, 0.25) is 0 Å². The van der Waals surface area contributed by atoms with E-state index in [2.05, 4.69) is 0 Å². The summed E-state index contributed by atoms with van der Waals surface area (Å²) in [7, 11) is 0. The van der Waals surface area contributed by atoms with Crippen LogP contribution in [0.1, 0.15) is 25.7 Å². The van der Waals surface area contributed by atoms with Gasteiger partial charge in [0.05, 0.1) is 0 Å². The van der Waals surface area contributed by atoms with Gasteiger partial charge in [0.25, 0.3) is 0 Å². The van der Waals surface area contributed by atoms with Crippen molar-refractivity contribution in [2.75, 3.05) is 0 Å². The summed E-state index contributed by atoms with van der Waals surface area (Å²) < 4.78 is 5.66. The van der Waals surface area contributed by atoms with E-state index in [0.717, 1.165) is 26.8 Å². The lowest BCUT2D eigenvalue weighted by molar-refractivity contribution is 0.0702. The predicted molar refractivity (Wildman–Crippen MR) is 76.5 cm³/mol. The Kier molecular flexibility index (Phi) is 4.12. The van der Waals surface area contributed by atoms with Crippen LogP contribution in [0.5, 0.6) is 5.75 Å². The highest BCUT2D eigenvalue weighted by molar-refractivity contribution is 7.13. The Morgan fingerprint density at radius 3 is 2.47 bits per heavy atom. The number of benzene rings is 1. The average Bonchev–Trinajstić information content (AvgIpc) is 2.82. The SMILES string of the molecule is Cc1cc(OCc2ccc(C(=O)O)s2)cc(C)c1Cl. The number of rotatable bonds is 4. The first-order chi connectivity index (χ1) is 8.97. The van der Waals surface area contributed by atoms with Crippen molar-refractivity contribution in [3.63, 3.8) is 0 Å². The maximum atomic E-state index is 10.8. The van der Waals surface area contributed by atoms with Crippen molar-refractivity contribution in [1.82, 2.24) is 0 Å². The molecule has 0 unspecified atom stereocenters. The molecule has 3 nitrogen and oxygen atoms in total. The summed E-state index contributed by atoms with van der Waals surface area (Å²) in [6.45, 7) is 4.21. The van der Waals surface area contributed by atoms with Gasteiger partial charge in [-0.1, -0.05) is 11.6 Å². The monoisotopic (exact) mass is 296 g/mol. The fourth-order valence-electron chi connectivity index (χ4n) is 1.71. The summed E-state index contributed by atoms with van der Waals surface area (Å²) in [6, 6.07) is 7.11. The molecular weight excluding hydrogens is 284 g/mol. The molecule has 0 aliphatic carbocycles. The summed E-state index contributed by atoms with van der Waals surface area (Å²) in [5, 5.41) is 9.59. The molecule has 0 atom stereocenters. The van der Waals surface area contributed by atoms with Crippen molar-refractivity contribution < 1.29 is 14.6 Å². The first-order valence-corrected chi connectivity index (χ1v) is 6.88. The number of halogens is 1. The molecule has 0 radical (unpaired) electrons. The van der Waals surface area contributed by atoms with Gasteiger partial charge in [0, 0.05) is 9.90 Å². The quantitative estimate of drug-likeness (QED) is 0.915. The van der Waals surface area contributed by atoms with Gasteiger partial charge in [-0.05, 0) is 49.2 Å². The molecule has 0 aliphatic rings. The summed E-state index contributed by atoms with van der Waals surface area (Å²) in [6.07, 6.45) is 0. The number of hydrogen-bond acceptors (Lipinski definition) is 3. The number of aryl methyl sites for hydroxylation is 2. The minimum atomic E-state index is -0.908. The standard InChI is InChI=1S/C14H13ClO3S/c1-8-5-10(6-9(2)13(8)15)18-7-11-3-4-12(19-11)14(16)17/h3-6H,7H2,1-2H3,(H,16,17). The summed E-state index contributed by atoms with van der Waals surface area (Å²) in [5.41, 5.74) is 1.93. The topological polar surface area (TPSA) is 46.5 Å². The molecule has 0 spiro atoms. The summed E-state index contributed by atoms with van der Waals surface area (Å²) in [5.74, 6) is -0.167. The second-order valence-corrected chi connectivity index (χ2v) is 5.78. The molecule has 100 valence electrons. The molecule has 19 heavy (non-hydrogen) atoms. The molecule has 0 saturated heterocycles. The molecule has 1 aromatic carbocycles. The van der Waals surface area contributed by atoms with Crippen molar-refractivity contribution in [3.8, 4) is 5.75 Å². The fourth-order valence-corrected chi connectivity index (χ4v) is 2.58. The van der Waals surface area contributed by atoms with Crippen molar-refractivity contribution in [2.24, 2.45) is 0 Å². The molecule has 0 aliphatic heterocycles. The Morgan fingerprint density at radius 1 is 1.32 bits per heavy atom. The van der Waals surface area contributed by atoms with Gasteiger partial charge in [0.1, 0.15) is 17.2 Å². The first kappa shape index (κ1) is 13.9. The highest BCUT2D eigenvalue weighted by Crippen LogP contribution is 2.27. The van der Waals surface area contributed by atoms with Crippen molar-refractivity contribution in [3.05, 3.63) is 50.2 Å². The van der Waals surface area contributed by atoms with Crippen LogP contribution in [0, 0.1) is 13.8 Å². The highest BCUT2D eigenvalue weighted by Gasteiger charge is 2.08. The number of carboxylic acids is 1. The molecule has 2 rings (SSSR count). The Balaban J connectivity index is 2.08. The van der Waals surface area contributed by atoms with Gasteiger partial charge in [-0.25, -0.2) is 4.79 Å². The maximum Gasteiger partial charge on any atom is 0.345 e. The van der Waals surface area contributed by atoms with Gasteiger partial charge in [0.15, 0.2) is 0 Å². The number of thiophene rings is 1. The summed E-state index contributed by atoms with van der Waals surface area (Å²) in [4.78, 5) is 12.0. The molecule has 0 bridgehead atoms. The van der Waals surface area contributed by atoms with Crippen LogP contribution in [-0.4, -0.2) is 11.1 Å². The largest absolute Gasteiger partial charge is 0.488 e. The normalized spacial score (nSPS) is 10.5. The van der Waals surface area contributed by atoms with Crippen LogP contribution < -0.4 is 4.74 Å². The van der Waals surface area contributed by atoms with Crippen LogP contribution in [0.2, 0.25) is 5.02 Å². The predicted octanol–water partition coefficient (Wildman–Crippen LogP) is 4.30. The fraction of sp³-hybridized carbons (Fsp3) is 0.214. The zero-order valence-corrected chi connectivity index (χ0v) is 12.1. The smallest absolute Gasteiger partial charge is 0.345 e. The lowest BCUT2D eigenvalue weighted by Crippen LogP contribution is -1.94. The van der Waals surface area contributed by atoms with Crippen LogP contribution in [0.4, 0.5) is 0 Å². The van der Waals surface area contributed by atoms with Crippen LogP contribution in [0.25, 0.3) is 0 Å². The van der Waals surface area contributed by atoms with Crippen molar-refractivity contribution in [1.29, 1.82) is 0 Å². The Hall–Kier alpha value is -1.52. The third-order valence-corrected chi connectivity index (χ3v) is 4.31. The number of aromatic carboxylic acids is 1. The number of carbonyl (C=O) groups is 1. The van der Waals surface area contributed by atoms with E-state index >= 15 is 0 Å². The van der Waals surface area contributed by atoms with E-state index in [1.54, 1.807) is 12.1 Å². The van der Waals surface area contributed by atoms with Gasteiger partial charge in [-0.3, -0.25) is 0 Å². The lowest BCUT2D eigenvalue weighted by Gasteiger charge is -2.09. The lowest BCUT2D eigenvalue weighted by atomic mass is 10.1. The first-order valence-electron chi connectivity index (χ1n) is 5.69. The zero-order valence-electron chi connectivity index (χ0n) is 10.6. The van der Waals surface area contributed by atoms with Crippen LogP contribution in [0.15, 0.2) is 24.3 Å². The minimum absolute atomic E-state index is 0.321. The van der Waals surface area contributed by atoms with Crippen LogP contribution >= 0.6 is 22.9 Å². The van der Waals surface area contributed by atoms with Gasteiger partial charge >= 0.3 is 5.97 Å². The molecule has 1 N–H and O–H groups in total. The third-order valence-electron chi connectivity index (χ3n) is 2.66. The van der Waals surface area contributed by atoms with E-state index < -0.39 is 5.97 Å². The molecule has 0 amide bonds. The second kappa shape index (κ2) is 5.63. The number of carboxylic acid groups (broad SMARTS) is 1. The van der Waals surface area contributed by atoms with E-state index in [1.807, 2.05) is 26.0 Å². The van der Waals surface area contributed by atoms with E-state index in [0.29, 0.717) is 11.5 Å². The molecule has 1 aromatic heterocycles.